The smallest absolute Gasteiger partial charge is 0.180 e. The topological polar surface area (TPSA) is 47.0 Å². The number of hydrogen-bond acceptors (Lipinski definition) is 3. The van der Waals surface area contributed by atoms with Crippen molar-refractivity contribution < 1.29 is 8.42 Å². The van der Waals surface area contributed by atoms with Gasteiger partial charge in [-0.3, -0.25) is 0 Å². The number of rotatable bonds is 5. The molecule has 0 aliphatic rings. The van der Waals surface area contributed by atoms with Crippen LogP contribution >= 0.6 is 27.5 Å². The Morgan fingerprint density at radius 3 is 2.75 bits per heavy atom. The van der Waals surface area contributed by atoms with Gasteiger partial charge in [0, 0.05) is 12.1 Å². The summed E-state index contributed by atoms with van der Waals surface area (Å²) in [6.45, 7) is 1.62. The maximum atomic E-state index is 11.8. The molecule has 1 heterocycles. The average Bonchev–Trinajstić information content (AvgIpc) is 2.27. The lowest BCUT2D eigenvalue weighted by molar-refractivity contribution is 0.596. The van der Waals surface area contributed by atoms with E-state index in [1.54, 1.807) is 19.2 Å². The molecule has 0 aromatic carbocycles. The van der Waals surface area contributed by atoms with Crippen molar-refractivity contribution in [3.05, 3.63) is 22.4 Å². The van der Waals surface area contributed by atoms with Crippen molar-refractivity contribution in [1.29, 1.82) is 0 Å². The lowest BCUT2D eigenvalue weighted by atomic mass is 10.2. The standard InChI is InChI=1S/C10H13BrClNO2S/c1-2-16(14,15)9-6-8(4-3-5-12)7-13-10(9)11/h6-7H,2-5H2,1H3. The summed E-state index contributed by atoms with van der Waals surface area (Å²) in [5, 5.41) is 0. The molecule has 0 fully saturated rings. The van der Waals surface area contributed by atoms with Gasteiger partial charge >= 0.3 is 0 Å². The summed E-state index contributed by atoms with van der Waals surface area (Å²) in [5.74, 6) is 0.637. The minimum Gasteiger partial charge on any atom is -0.248 e. The summed E-state index contributed by atoms with van der Waals surface area (Å²) in [5.41, 5.74) is 0.899. The van der Waals surface area contributed by atoms with E-state index < -0.39 is 9.84 Å². The van der Waals surface area contributed by atoms with Gasteiger partial charge in [0.2, 0.25) is 0 Å². The molecule has 0 saturated heterocycles. The van der Waals surface area contributed by atoms with Crippen molar-refractivity contribution >= 4 is 37.4 Å². The zero-order chi connectivity index (χ0) is 12.2. The number of pyridine rings is 1. The van der Waals surface area contributed by atoms with Crippen molar-refractivity contribution in [2.24, 2.45) is 0 Å². The Morgan fingerprint density at radius 1 is 1.50 bits per heavy atom. The highest BCUT2D eigenvalue weighted by Gasteiger charge is 2.16. The first-order valence-electron chi connectivity index (χ1n) is 4.94. The first-order chi connectivity index (χ1) is 7.51. The van der Waals surface area contributed by atoms with Crippen molar-refractivity contribution in [3.8, 4) is 0 Å². The molecular formula is C10H13BrClNO2S. The van der Waals surface area contributed by atoms with E-state index in [1.807, 2.05) is 0 Å². The molecule has 1 rings (SSSR count). The van der Waals surface area contributed by atoms with Crippen molar-refractivity contribution in [1.82, 2.24) is 4.98 Å². The quantitative estimate of drug-likeness (QED) is 0.617. The molecule has 6 heteroatoms. The van der Waals surface area contributed by atoms with Crippen LogP contribution in [0.1, 0.15) is 18.9 Å². The van der Waals surface area contributed by atoms with Crippen LogP contribution in [0.4, 0.5) is 0 Å². The molecule has 16 heavy (non-hydrogen) atoms. The van der Waals surface area contributed by atoms with E-state index in [2.05, 4.69) is 20.9 Å². The van der Waals surface area contributed by atoms with Gasteiger partial charge in [0.1, 0.15) is 4.60 Å². The van der Waals surface area contributed by atoms with Gasteiger partial charge in [-0.15, -0.1) is 11.6 Å². The van der Waals surface area contributed by atoms with Crippen LogP contribution in [-0.2, 0) is 16.3 Å². The lowest BCUT2D eigenvalue weighted by Crippen LogP contribution is -2.06. The maximum absolute atomic E-state index is 11.8. The van der Waals surface area contributed by atoms with Gasteiger partial charge in [0.05, 0.1) is 10.6 Å². The van der Waals surface area contributed by atoms with E-state index in [4.69, 9.17) is 11.6 Å². The summed E-state index contributed by atoms with van der Waals surface area (Å²) in [7, 11) is -3.22. The maximum Gasteiger partial charge on any atom is 0.180 e. The summed E-state index contributed by atoms with van der Waals surface area (Å²) < 4.78 is 23.9. The van der Waals surface area contributed by atoms with Gasteiger partial charge in [0.15, 0.2) is 9.84 Å². The fraction of sp³-hybridized carbons (Fsp3) is 0.500. The fourth-order valence-corrected chi connectivity index (χ4v) is 3.29. The first kappa shape index (κ1) is 13.9. The Hall–Kier alpha value is -0.130. The molecule has 90 valence electrons. The third-order valence-corrected chi connectivity index (χ3v) is 5.08. The minimum atomic E-state index is -3.22. The molecule has 0 N–H and O–H groups in total. The Morgan fingerprint density at radius 2 is 2.19 bits per heavy atom. The number of hydrogen-bond donors (Lipinski definition) is 0. The number of sulfone groups is 1. The predicted molar refractivity (Wildman–Crippen MR) is 68.7 cm³/mol. The van der Waals surface area contributed by atoms with Crippen molar-refractivity contribution in [3.63, 3.8) is 0 Å². The van der Waals surface area contributed by atoms with Gasteiger partial charge in [-0.2, -0.15) is 0 Å². The normalized spacial score (nSPS) is 11.7. The van der Waals surface area contributed by atoms with Crippen LogP contribution in [-0.4, -0.2) is 25.0 Å². The predicted octanol–water partition coefficient (Wildman–Crippen LogP) is 2.81. The van der Waals surface area contributed by atoms with Gasteiger partial charge in [-0.05, 0) is 40.4 Å². The van der Waals surface area contributed by atoms with Gasteiger partial charge < -0.3 is 0 Å². The van der Waals surface area contributed by atoms with E-state index in [0.717, 1.165) is 18.4 Å². The Balaban J connectivity index is 3.09. The molecule has 0 aliphatic heterocycles. The summed E-state index contributed by atoms with van der Waals surface area (Å²) in [4.78, 5) is 4.31. The minimum absolute atomic E-state index is 0.0756. The van der Waals surface area contributed by atoms with E-state index in [9.17, 15) is 8.42 Å². The third-order valence-electron chi connectivity index (χ3n) is 2.18. The van der Waals surface area contributed by atoms with Crippen LogP contribution in [0.15, 0.2) is 21.8 Å². The summed E-state index contributed by atoms with van der Waals surface area (Å²) in [6, 6.07) is 1.67. The van der Waals surface area contributed by atoms with Crippen molar-refractivity contribution in [2.45, 2.75) is 24.7 Å². The monoisotopic (exact) mass is 325 g/mol. The van der Waals surface area contributed by atoms with E-state index in [1.165, 1.54) is 0 Å². The Labute approximate surface area is 109 Å². The SMILES string of the molecule is CCS(=O)(=O)c1cc(CCCCl)cnc1Br. The molecule has 1 aromatic rings. The van der Waals surface area contributed by atoms with Gasteiger partial charge in [-0.1, -0.05) is 6.92 Å². The summed E-state index contributed by atoms with van der Waals surface area (Å²) >= 11 is 8.75. The molecule has 0 unspecified atom stereocenters. The molecule has 1 aromatic heterocycles. The van der Waals surface area contributed by atoms with Crippen molar-refractivity contribution in [2.75, 3.05) is 11.6 Å². The molecule has 0 aliphatic carbocycles. The summed E-state index contributed by atoms with van der Waals surface area (Å²) in [6.07, 6.45) is 3.23. The highest BCUT2D eigenvalue weighted by molar-refractivity contribution is 9.10. The number of alkyl halides is 1. The molecule has 0 atom stereocenters. The van der Waals surface area contributed by atoms with E-state index in [-0.39, 0.29) is 10.6 Å². The van der Waals surface area contributed by atoms with E-state index >= 15 is 0 Å². The number of nitrogens with zero attached hydrogens (tertiary/aromatic N) is 1. The Kier molecular flexibility index (Phi) is 5.21. The second-order valence-electron chi connectivity index (χ2n) is 3.33. The fourth-order valence-electron chi connectivity index (χ4n) is 1.25. The first-order valence-corrected chi connectivity index (χ1v) is 7.92. The molecule has 3 nitrogen and oxygen atoms in total. The molecule has 0 saturated carbocycles. The Bertz CT molecular complexity index is 462. The average molecular weight is 327 g/mol. The number of halogens is 2. The van der Waals surface area contributed by atoms with E-state index in [0.29, 0.717) is 10.5 Å². The number of aromatic nitrogens is 1. The third kappa shape index (κ3) is 3.43. The highest BCUT2D eigenvalue weighted by atomic mass is 79.9. The molecule has 0 radical (unpaired) electrons. The lowest BCUT2D eigenvalue weighted by Gasteiger charge is -2.06. The second kappa shape index (κ2) is 5.98. The largest absolute Gasteiger partial charge is 0.248 e. The zero-order valence-electron chi connectivity index (χ0n) is 8.91. The van der Waals surface area contributed by atoms with Crippen LogP contribution in [0.2, 0.25) is 0 Å². The van der Waals surface area contributed by atoms with Crippen LogP contribution < -0.4 is 0 Å². The molecule has 0 bridgehead atoms. The molecular weight excluding hydrogens is 314 g/mol. The van der Waals surface area contributed by atoms with Gasteiger partial charge in [-0.25, -0.2) is 13.4 Å². The zero-order valence-corrected chi connectivity index (χ0v) is 12.1. The molecule has 0 amide bonds. The van der Waals surface area contributed by atoms with Crippen LogP contribution in [0.5, 0.6) is 0 Å². The van der Waals surface area contributed by atoms with Crippen LogP contribution in [0.3, 0.4) is 0 Å². The highest BCUT2D eigenvalue weighted by Crippen LogP contribution is 2.22. The number of aryl methyl sites for hydroxylation is 1. The second-order valence-corrected chi connectivity index (χ2v) is 6.70. The van der Waals surface area contributed by atoms with Crippen LogP contribution in [0.25, 0.3) is 0 Å². The molecule has 0 spiro atoms. The van der Waals surface area contributed by atoms with Gasteiger partial charge in [0.25, 0.3) is 0 Å². The van der Waals surface area contributed by atoms with Crippen LogP contribution in [0, 0.1) is 0 Å².